The molecule has 23 heavy (non-hydrogen) atoms. The largest absolute Gasteiger partial charge is 0.493 e. The Morgan fingerprint density at radius 2 is 2.26 bits per heavy atom. The van der Waals surface area contributed by atoms with Gasteiger partial charge in [-0.05, 0) is 31.0 Å². The van der Waals surface area contributed by atoms with E-state index in [9.17, 15) is 4.79 Å². The lowest BCUT2D eigenvalue weighted by Crippen LogP contribution is -2.22. The second-order valence-corrected chi connectivity index (χ2v) is 6.03. The molecule has 122 valence electrons. The number of carbonyl (C=O) groups excluding carboxylic acids is 1. The number of hydrogen-bond donors (Lipinski definition) is 0. The van der Waals surface area contributed by atoms with Crippen molar-refractivity contribution in [1.82, 2.24) is 4.90 Å². The van der Waals surface area contributed by atoms with Crippen LogP contribution in [0, 0.1) is 23.2 Å². The van der Waals surface area contributed by atoms with Gasteiger partial charge in [0.25, 0.3) is 0 Å². The van der Waals surface area contributed by atoms with Gasteiger partial charge in [-0.2, -0.15) is 5.26 Å². The minimum absolute atomic E-state index is 0.00717. The van der Waals surface area contributed by atoms with Crippen LogP contribution in [0.2, 0.25) is 0 Å². The van der Waals surface area contributed by atoms with Crippen molar-refractivity contribution in [2.75, 3.05) is 20.2 Å². The minimum Gasteiger partial charge on any atom is -0.493 e. The van der Waals surface area contributed by atoms with Crippen molar-refractivity contribution in [1.29, 1.82) is 5.26 Å². The number of amides is 1. The van der Waals surface area contributed by atoms with Crippen molar-refractivity contribution >= 4 is 5.91 Å². The Hall–Kier alpha value is -2.28. The number of nitriles is 1. The average molecular weight is 312 g/mol. The van der Waals surface area contributed by atoms with Crippen LogP contribution in [-0.2, 0) is 4.79 Å². The summed E-state index contributed by atoms with van der Waals surface area (Å²) in [6.07, 6.45) is 7.22. The molecule has 1 aliphatic rings. The number of benzene rings is 1. The van der Waals surface area contributed by atoms with Gasteiger partial charge in [0.05, 0.1) is 18.2 Å². The van der Waals surface area contributed by atoms with Gasteiger partial charge < -0.3 is 9.64 Å². The molecule has 1 aromatic carbocycles. The molecule has 0 aliphatic carbocycles. The minimum atomic E-state index is -0.00717. The first-order valence-corrected chi connectivity index (χ1v) is 8.18. The summed E-state index contributed by atoms with van der Waals surface area (Å²) in [5.41, 5.74) is 0.584. The van der Waals surface area contributed by atoms with E-state index < -0.39 is 0 Å². The van der Waals surface area contributed by atoms with Crippen LogP contribution in [0.1, 0.15) is 31.7 Å². The van der Waals surface area contributed by atoms with Crippen LogP contribution in [0.4, 0.5) is 0 Å². The topological polar surface area (TPSA) is 53.3 Å². The monoisotopic (exact) mass is 312 g/mol. The van der Waals surface area contributed by atoms with Crippen molar-refractivity contribution in [3.63, 3.8) is 0 Å². The molecule has 2 atom stereocenters. The van der Waals surface area contributed by atoms with E-state index >= 15 is 0 Å². The maximum Gasteiger partial charge on any atom is 0.226 e. The summed E-state index contributed by atoms with van der Waals surface area (Å²) in [7, 11) is 1.85. The summed E-state index contributed by atoms with van der Waals surface area (Å²) in [4.78, 5) is 14.1. The number of nitrogens with zero attached hydrogens (tertiary/aromatic N) is 2. The number of allylic oxidation sites excluding steroid dienone is 2. The Morgan fingerprint density at radius 3 is 3.00 bits per heavy atom. The van der Waals surface area contributed by atoms with E-state index in [0.717, 1.165) is 25.8 Å². The molecule has 0 spiro atoms. The first-order chi connectivity index (χ1) is 11.2. The summed E-state index contributed by atoms with van der Waals surface area (Å²) in [5.74, 6) is 1.06. The molecule has 0 aromatic heterocycles. The molecule has 1 aromatic rings. The van der Waals surface area contributed by atoms with E-state index in [2.05, 4.69) is 25.1 Å². The molecule has 2 rings (SSSR count). The van der Waals surface area contributed by atoms with E-state index in [4.69, 9.17) is 10.00 Å². The van der Waals surface area contributed by atoms with Gasteiger partial charge >= 0.3 is 0 Å². The fourth-order valence-corrected chi connectivity index (χ4v) is 2.90. The Labute approximate surface area is 138 Å². The molecule has 1 fully saturated rings. The summed E-state index contributed by atoms with van der Waals surface area (Å²) in [5, 5.41) is 8.93. The first-order valence-electron chi connectivity index (χ1n) is 8.18. The number of ether oxygens (including phenoxy) is 1. The van der Waals surface area contributed by atoms with Crippen molar-refractivity contribution in [3.8, 4) is 11.8 Å². The lowest BCUT2D eigenvalue weighted by Gasteiger charge is -2.16. The Morgan fingerprint density at radius 1 is 1.43 bits per heavy atom. The summed E-state index contributed by atoms with van der Waals surface area (Å²) >= 11 is 0. The fraction of sp³-hybridized carbons (Fsp3) is 0.474. The molecule has 4 heteroatoms. The lowest BCUT2D eigenvalue weighted by atomic mass is 9.92. The third-order valence-electron chi connectivity index (χ3n) is 4.21. The first kappa shape index (κ1) is 17.1. The highest BCUT2D eigenvalue weighted by atomic mass is 16.5. The van der Waals surface area contributed by atoms with Gasteiger partial charge in [-0.3, -0.25) is 4.79 Å². The van der Waals surface area contributed by atoms with E-state index in [1.165, 1.54) is 0 Å². The van der Waals surface area contributed by atoms with E-state index in [0.29, 0.717) is 17.9 Å². The maximum absolute atomic E-state index is 12.3. The van der Waals surface area contributed by atoms with Crippen LogP contribution in [0.15, 0.2) is 36.4 Å². The normalized spacial score (nSPS) is 20.9. The van der Waals surface area contributed by atoms with Crippen LogP contribution >= 0.6 is 0 Å². The molecule has 0 radical (unpaired) electrons. The third kappa shape index (κ3) is 4.59. The predicted molar refractivity (Wildman–Crippen MR) is 89.9 cm³/mol. The molecule has 0 N–H and O–H groups in total. The number of unbranched alkanes of at least 4 members (excludes halogenated alkanes) is 1. The summed E-state index contributed by atoms with van der Waals surface area (Å²) < 4.78 is 5.83. The van der Waals surface area contributed by atoms with Gasteiger partial charge in [-0.25, -0.2) is 0 Å². The molecule has 1 aliphatic heterocycles. The van der Waals surface area contributed by atoms with Gasteiger partial charge in [-0.1, -0.05) is 31.6 Å². The molecule has 1 amide bonds. The van der Waals surface area contributed by atoms with Crippen molar-refractivity contribution < 1.29 is 9.53 Å². The second-order valence-electron chi connectivity index (χ2n) is 6.03. The van der Waals surface area contributed by atoms with Crippen LogP contribution in [0.5, 0.6) is 5.75 Å². The van der Waals surface area contributed by atoms with Gasteiger partial charge in [-0.15, -0.1) is 0 Å². The SMILES string of the molecule is CCC/C=C\C[C@H]1C(=O)N(C)C[C@@H]1COc1cccc(C#N)c1. The molecule has 0 unspecified atom stereocenters. The van der Waals surface area contributed by atoms with E-state index in [1.807, 2.05) is 19.2 Å². The van der Waals surface area contributed by atoms with Gasteiger partial charge in [0.15, 0.2) is 0 Å². The molecule has 0 bridgehead atoms. The third-order valence-corrected chi connectivity index (χ3v) is 4.21. The quantitative estimate of drug-likeness (QED) is 0.725. The Balaban J connectivity index is 1.96. The van der Waals surface area contributed by atoms with Crippen LogP contribution in [0.3, 0.4) is 0 Å². The highest BCUT2D eigenvalue weighted by Crippen LogP contribution is 2.28. The molecular weight excluding hydrogens is 288 g/mol. The molecule has 0 saturated carbocycles. The fourth-order valence-electron chi connectivity index (χ4n) is 2.90. The number of likely N-dealkylation sites (tertiary alicyclic amines) is 1. The maximum atomic E-state index is 12.3. The standard InChI is InChI=1S/C19H24N2O2/c1-3-4-5-6-10-18-16(13-21(2)19(18)22)14-23-17-9-7-8-15(11-17)12-20/h5-9,11,16,18H,3-4,10,13-14H2,1-2H3/b6-5-/t16-,18-/m1/s1. The Bertz CT molecular complexity index is 604. The zero-order valence-electron chi connectivity index (χ0n) is 13.9. The molecule has 1 heterocycles. The van der Waals surface area contributed by atoms with Crippen molar-refractivity contribution in [3.05, 3.63) is 42.0 Å². The highest BCUT2D eigenvalue weighted by molar-refractivity contribution is 5.81. The van der Waals surface area contributed by atoms with Crippen molar-refractivity contribution in [2.45, 2.75) is 26.2 Å². The summed E-state index contributed by atoms with van der Waals surface area (Å²) in [6, 6.07) is 9.25. The number of carbonyl (C=O) groups is 1. The second kappa shape index (κ2) is 8.38. The van der Waals surface area contributed by atoms with Gasteiger partial charge in [0, 0.05) is 25.4 Å². The van der Waals surface area contributed by atoms with E-state index in [1.54, 1.807) is 17.0 Å². The average Bonchev–Trinajstić information content (AvgIpc) is 2.84. The molecular formula is C19H24N2O2. The van der Waals surface area contributed by atoms with Gasteiger partial charge in [0.1, 0.15) is 5.75 Å². The van der Waals surface area contributed by atoms with Crippen LogP contribution in [0.25, 0.3) is 0 Å². The molecule has 4 nitrogen and oxygen atoms in total. The summed E-state index contributed by atoms with van der Waals surface area (Å²) in [6.45, 7) is 3.37. The zero-order valence-corrected chi connectivity index (χ0v) is 13.9. The van der Waals surface area contributed by atoms with Gasteiger partial charge in [0.2, 0.25) is 5.91 Å². The van der Waals surface area contributed by atoms with E-state index in [-0.39, 0.29) is 17.7 Å². The highest BCUT2D eigenvalue weighted by Gasteiger charge is 2.37. The predicted octanol–water partition coefficient (Wildman–Crippen LogP) is 3.39. The zero-order chi connectivity index (χ0) is 16.7. The number of rotatable bonds is 7. The number of hydrogen-bond acceptors (Lipinski definition) is 3. The molecule has 1 saturated heterocycles. The Kier molecular flexibility index (Phi) is 6.22. The van der Waals surface area contributed by atoms with Crippen molar-refractivity contribution in [2.24, 2.45) is 11.8 Å². The lowest BCUT2D eigenvalue weighted by molar-refractivity contribution is -0.130. The smallest absolute Gasteiger partial charge is 0.226 e. The van der Waals surface area contributed by atoms with Crippen LogP contribution in [-0.4, -0.2) is 31.0 Å². The van der Waals surface area contributed by atoms with Crippen LogP contribution < -0.4 is 4.74 Å².